The number of rotatable bonds is 9. The van der Waals surface area contributed by atoms with Gasteiger partial charge in [-0.05, 0) is 86.2 Å². The molecule has 0 atom stereocenters. The largest absolute Gasteiger partial charge is 0.439 e. The summed E-state index contributed by atoms with van der Waals surface area (Å²) in [6, 6.07) is 23.5. The number of halogens is 2. The van der Waals surface area contributed by atoms with Crippen LogP contribution < -0.4 is 26.8 Å². The summed E-state index contributed by atoms with van der Waals surface area (Å²) in [5.41, 5.74) is 20.6. The summed E-state index contributed by atoms with van der Waals surface area (Å²) in [6.45, 7) is 9.28. The first-order chi connectivity index (χ1) is 22.8. The Bertz CT molecular complexity index is 1620. The average Bonchev–Trinajstić information content (AvgIpc) is 3.92. The first kappa shape index (κ1) is 35.3. The normalized spacial score (nSPS) is 14.6. The van der Waals surface area contributed by atoms with Crippen LogP contribution in [0.15, 0.2) is 98.2 Å². The molecule has 2 aliphatic rings. The molecule has 47 heavy (non-hydrogen) atoms. The van der Waals surface area contributed by atoms with Crippen molar-refractivity contribution in [2.24, 2.45) is 11.5 Å². The summed E-state index contributed by atoms with van der Waals surface area (Å²) in [4.78, 5) is 9.31. The number of hydrogen-bond donors (Lipinski definition) is 4. The molecule has 3 aromatic carbocycles. The number of nitrogen functional groups attached to an aromatic ring is 1. The molecule has 0 radical (unpaired) electrons. The highest BCUT2D eigenvalue weighted by atomic mass is 32.1. The summed E-state index contributed by atoms with van der Waals surface area (Å²) in [7, 11) is 0. The Labute approximate surface area is 282 Å². The molecule has 4 aromatic rings. The molecule has 2 heterocycles. The number of nitrogens with zero attached hydrogens (tertiary/aromatic N) is 3. The molecule has 0 amide bonds. The van der Waals surface area contributed by atoms with Crippen LogP contribution in [-0.4, -0.2) is 35.3 Å². The number of piperidine rings is 1. The van der Waals surface area contributed by atoms with Gasteiger partial charge in [-0.15, -0.1) is 0 Å². The lowest BCUT2D eigenvalue weighted by Gasteiger charge is -2.40. The third-order valence-electron chi connectivity index (χ3n) is 8.05. The lowest BCUT2D eigenvalue weighted by atomic mass is 9.99. The predicted molar refractivity (Wildman–Crippen MR) is 193 cm³/mol. The van der Waals surface area contributed by atoms with Crippen LogP contribution in [0.1, 0.15) is 48.4 Å². The van der Waals surface area contributed by atoms with Gasteiger partial charge in [0.15, 0.2) is 0 Å². The minimum absolute atomic E-state index is 0.0270. The minimum Gasteiger partial charge on any atom is -0.439 e. The first-order valence-electron chi connectivity index (χ1n) is 15.6. The Morgan fingerprint density at radius 3 is 2.21 bits per heavy atom. The number of aromatic nitrogens is 1. The zero-order valence-corrected chi connectivity index (χ0v) is 27.7. The molecule has 10 heteroatoms. The molecule has 2 fully saturated rings. The minimum atomic E-state index is -0.712. The summed E-state index contributed by atoms with van der Waals surface area (Å²) in [6.07, 6.45) is 6.85. The fraction of sp³-hybridized carbons (Fsp3) is 0.270. The third kappa shape index (κ3) is 9.27. The van der Waals surface area contributed by atoms with Gasteiger partial charge in [-0.3, -0.25) is 4.90 Å². The molecule has 0 spiro atoms. The van der Waals surface area contributed by atoms with Crippen molar-refractivity contribution < 1.29 is 13.5 Å². The van der Waals surface area contributed by atoms with Gasteiger partial charge in [0, 0.05) is 66.4 Å². The molecule has 248 valence electrons. The fourth-order valence-corrected chi connectivity index (χ4v) is 5.72. The van der Waals surface area contributed by atoms with Crippen LogP contribution >= 0.6 is 12.6 Å². The van der Waals surface area contributed by atoms with Crippen LogP contribution in [0.25, 0.3) is 5.70 Å². The first-order valence-corrected chi connectivity index (χ1v) is 16.5. The molecule has 1 aliphatic carbocycles. The Morgan fingerprint density at radius 1 is 0.979 bits per heavy atom. The van der Waals surface area contributed by atoms with Crippen LogP contribution in [0, 0.1) is 11.6 Å². The maximum atomic E-state index is 15.3. The van der Waals surface area contributed by atoms with Crippen molar-refractivity contribution in [2.75, 3.05) is 30.0 Å². The van der Waals surface area contributed by atoms with Crippen molar-refractivity contribution in [3.8, 4) is 11.6 Å². The van der Waals surface area contributed by atoms with Crippen LogP contribution in [0.3, 0.4) is 0 Å². The second-order valence-corrected chi connectivity index (χ2v) is 11.4. The zero-order valence-electron chi connectivity index (χ0n) is 26.8. The number of para-hydroxylation sites is 1. The van der Waals surface area contributed by atoms with E-state index in [0.717, 1.165) is 62.8 Å². The molecule has 1 aliphatic heterocycles. The second-order valence-electron chi connectivity index (χ2n) is 11.4. The van der Waals surface area contributed by atoms with E-state index in [2.05, 4.69) is 42.5 Å². The van der Waals surface area contributed by atoms with E-state index < -0.39 is 11.6 Å². The Morgan fingerprint density at radius 2 is 1.62 bits per heavy atom. The summed E-state index contributed by atoms with van der Waals surface area (Å²) >= 11 is 3.53. The molecule has 1 aromatic heterocycles. The lowest BCUT2D eigenvalue weighted by molar-refractivity contribution is 0.204. The maximum absolute atomic E-state index is 15.3. The molecule has 1 saturated carbocycles. The fourth-order valence-electron chi connectivity index (χ4n) is 5.72. The number of likely N-dealkylation sites (tertiary alicyclic amines) is 1. The highest BCUT2D eigenvalue weighted by Gasteiger charge is 2.31. The molecule has 0 bridgehead atoms. The van der Waals surface area contributed by atoms with Gasteiger partial charge in [-0.1, -0.05) is 37.4 Å². The van der Waals surface area contributed by atoms with Crippen molar-refractivity contribution in [3.05, 3.63) is 127 Å². The number of pyridine rings is 1. The van der Waals surface area contributed by atoms with Gasteiger partial charge >= 0.3 is 0 Å². The Balaban J connectivity index is 0.000000947. The lowest BCUT2D eigenvalue weighted by Crippen LogP contribution is -2.43. The number of hydrogen-bond acceptors (Lipinski definition) is 8. The number of anilines is 3. The summed E-state index contributed by atoms with van der Waals surface area (Å²) in [5, 5.41) is 0. The van der Waals surface area contributed by atoms with E-state index in [-0.39, 0.29) is 17.3 Å². The van der Waals surface area contributed by atoms with Crippen molar-refractivity contribution in [3.63, 3.8) is 0 Å². The smallest absolute Gasteiger partial charge is 0.219 e. The molecular formula is C37H44F2N6OS. The summed E-state index contributed by atoms with van der Waals surface area (Å²) < 4.78 is 35.8. The standard InChI is InChI=1S/C34H35F2N5O.C2H5N.CH4S/c1-22(37)29-19-32(31(36)20-30(29)35)41(26-5-3-2-4-6-26)27-15-17-40(18-16-27)21-24-9-14-33(39-34(24)23-7-8-23)42-28-12-10-25(38)11-13-28;1-2-3;1-2/h2-6,9-14,19-20,23,27H,1,7-8,15-18,21,37-38H2;2H,1,3H2;2H,1H3. The second kappa shape index (κ2) is 16.9. The summed E-state index contributed by atoms with van der Waals surface area (Å²) in [5.74, 6) is 0.427. The molecule has 1 saturated heterocycles. The van der Waals surface area contributed by atoms with E-state index in [1.807, 2.05) is 65.6 Å². The SMILES string of the molecule is C=C(N)c1cc(N(c2ccccc2)C2CCN(Cc3ccc(Oc4ccc(N)cc4)nc3C3CC3)CC2)c(F)cc1F.C=CN.CS. The van der Waals surface area contributed by atoms with Gasteiger partial charge in [0.1, 0.15) is 17.4 Å². The molecule has 0 unspecified atom stereocenters. The van der Waals surface area contributed by atoms with Crippen molar-refractivity contribution in [1.29, 1.82) is 0 Å². The van der Waals surface area contributed by atoms with Crippen molar-refractivity contribution >= 4 is 35.4 Å². The monoisotopic (exact) mass is 658 g/mol. The zero-order chi connectivity index (χ0) is 33.9. The highest BCUT2D eigenvalue weighted by molar-refractivity contribution is 7.79. The number of ether oxygens (including phenoxy) is 1. The van der Waals surface area contributed by atoms with E-state index in [1.54, 1.807) is 6.26 Å². The van der Waals surface area contributed by atoms with E-state index in [0.29, 0.717) is 28.9 Å². The molecule has 6 N–H and O–H groups in total. The average molecular weight is 659 g/mol. The third-order valence-corrected chi connectivity index (χ3v) is 8.05. The van der Waals surface area contributed by atoms with Crippen molar-refractivity contribution in [1.82, 2.24) is 9.88 Å². The molecule has 6 rings (SSSR count). The molecule has 7 nitrogen and oxygen atoms in total. The van der Waals surface area contributed by atoms with Gasteiger partial charge < -0.3 is 26.8 Å². The Kier molecular flexibility index (Phi) is 12.7. The van der Waals surface area contributed by atoms with Gasteiger partial charge in [0.25, 0.3) is 0 Å². The van der Waals surface area contributed by atoms with Crippen LogP contribution in [-0.2, 0) is 6.54 Å². The number of nitrogens with two attached hydrogens (primary N) is 3. The molecular weight excluding hydrogens is 615 g/mol. The van der Waals surface area contributed by atoms with E-state index in [9.17, 15) is 4.39 Å². The predicted octanol–water partition coefficient (Wildman–Crippen LogP) is 7.98. The van der Waals surface area contributed by atoms with Gasteiger partial charge in [-0.2, -0.15) is 12.6 Å². The van der Waals surface area contributed by atoms with Crippen LogP contribution in [0.5, 0.6) is 11.6 Å². The van der Waals surface area contributed by atoms with Crippen LogP contribution in [0.2, 0.25) is 0 Å². The number of thiol groups is 1. The quantitative estimate of drug-likeness (QED) is 0.107. The van der Waals surface area contributed by atoms with E-state index in [4.69, 9.17) is 21.2 Å². The van der Waals surface area contributed by atoms with E-state index in [1.165, 1.54) is 17.8 Å². The highest BCUT2D eigenvalue weighted by Crippen LogP contribution is 2.42. The van der Waals surface area contributed by atoms with E-state index >= 15 is 4.39 Å². The topological polar surface area (TPSA) is 107 Å². The van der Waals surface area contributed by atoms with Gasteiger partial charge in [0.05, 0.1) is 11.4 Å². The van der Waals surface area contributed by atoms with Crippen molar-refractivity contribution in [2.45, 2.75) is 44.2 Å². The van der Waals surface area contributed by atoms with Gasteiger partial charge in [-0.25, -0.2) is 13.8 Å². The maximum Gasteiger partial charge on any atom is 0.219 e. The Hall–Kier alpha value is -4.54. The number of benzene rings is 3. The van der Waals surface area contributed by atoms with Gasteiger partial charge in [0.2, 0.25) is 5.88 Å². The van der Waals surface area contributed by atoms with Crippen LogP contribution in [0.4, 0.5) is 25.8 Å².